The maximum absolute atomic E-state index is 13.2. The Kier molecular flexibility index (Phi) is 4.73. The fourth-order valence-corrected chi connectivity index (χ4v) is 3.51. The van der Waals surface area contributed by atoms with E-state index in [1.165, 1.54) is 0 Å². The van der Waals surface area contributed by atoms with Crippen molar-refractivity contribution in [3.05, 3.63) is 95.7 Å². The monoisotopic (exact) mass is 400 g/mol. The molecule has 4 aromatic rings. The number of ketones is 1. The van der Waals surface area contributed by atoms with E-state index in [9.17, 15) is 4.79 Å². The third-order valence-electron chi connectivity index (χ3n) is 5.17. The van der Waals surface area contributed by atoms with E-state index in [4.69, 9.17) is 18.6 Å². The van der Waals surface area contributed by atoms with Crippen LogP contribution >= 0.6 is 0 Å². The van der Waals surface area contributed by atoms with Crippen molar-refractivity contribution >= 4 is 16.8 Å². The van der Waals surface area contributed by atoms with Crippen LogP contribution in [0.15, 0.2) is 83.3 Å². The van der Waals surface area contributed by atoms with Gasteiger partial charge in [-0.15, -0.1) is 0 Å². The lowest BCUT2D eigenvalue weighted by Gasteiger charge is -2.12. The average Bonchev–Trinajstić information content (AvgIpc) is 3.48. The van der Waals surface area contributed by atoms with Crippen LogP contribution in [0.2, 0.25) is 0 Å². The highest BCUT2D eigenvalue weighted by atomic mass is 16.6. The van der Waals surface area contributed by atoms with Crippen molar-refractivity contribution < 1.29 is 23.4 Å². The predicted molar refractivity (Wildman–Crippen MR) is 112 cm³/mol. The summed E-state index contributed by atoms with van der Waals surface area (Å²) >= 11 is 0. The molecule has 1 fully saturated rings. The Hall–Kier alpha value is -3.57. The molecule has 30 heavy (non-hydrogen) atoms. The molecule has 5 nitrogen and oxygen atoms in total. The number of para-hydroxylation sites is 1. The van der Waals surface area contributed by atoms with Crippen molar-refractivity contribution in [1.29, 1.82) is 0 Å². The summed E-state index contributed by atoms with van der Waals surface area (Å²) in [7, 11) is 1.58. The van der Waals surface area contributed by atoms with Crippen molar-refractivity contribution in [2.75, 3.05) is 7.11 Å². The molecule has 2 heterocycles. The van der Waals surface area contributed by atoms with Gasteiger partial charge in [-0.3, -0.25) is 4.79 Å². The van der Waals surface area contributed by atoms with Gasteiger partial charge in [-0.05, 0) is 29.8 Å². The molecule has 0 bridgehead atoms. The van der Waals surface area contributed by atoms with Gasteiger partial charge in [0.2, 0.25) is 0 Å². The molecule has 1 saturated heterocycles. The summed E-state index contributed by atoms with van der Waals surface area (Å²) in [5.41, 5.74) is 2.27. The molecule has 1 aliphatic rings. The van der Waals surface area contributed by atoms with Gasteiger partial charge in [0, 0.05) is 11.5 Å². The van der Waals surface area contributed by atoms with Crippen molar-refractivity contribution in [1.82, 2.24) is 0 Å². The number of carbonyl (C=O) groups excluding carboxylic acids is 1. The summed E-state index contributed by atoms with van der Waals surface area (Å²) in [4.78, 5) is 13.2. The highest BCUT2D eigenvalue weighted by molar-refractivity contribution is 6.03. The highest BCUT2D eigenvalue weighted by Crippen LogP contribution is 2.44. The summed E-state index contributed by atoms with van der Waals surface area (Å²) < 4.78 is 22.8. The Labute approximate surface area is 173 Å². The molecule has 2 unspecified atom stereocenters. The Morgan fingerprint density at radius 1 is 0.967 bits per heavy atom. The molecule has 2 atom stereocenters. The first-order chi connectivity index (χ1) is 14.7. The zero-order chi connectivity index (χ0) is 20.5. The van der Waals surface area contributed by atoms with E-state index in [1.807, 2.05) is 60.7 Å². The second-order valence-electron chi connectivity index (χ2n) is 7.16. The van der Waals surface area contributed by atoms with E-state index in [0.717, 1.165) is 16.5 Å². The van der Waals surface area contributed by atoms with Gasteiger partial charge in [0.15, 0.2) is 11.9 Å². The van der Waals surface area contributed by atoms with Crippen molar-refractivity contribution in [3.63, 3.8) is 0 Å². The SMILES string of the molecule is COc1ccc(C(=O)C2OC2c2cc3ccccc3o2)c(OCc2ccccc2)c1. The molecule has 1 aromatic heterocycles. The summed E-state index contributed by atoms with van der Waals surface area (Å²) in [5, 5.41) is 0.991. The number of Topliss-reactive ketones (excluding diaryl/α,β-unsaturated/α-hetero) is 1. The normalized spacial score (nSPS) is 17.6. The smallest absolute Gasteiger partial charge is 0.198 e. The van der Waals surface area contributed by atoms with Gasteiger partial charge >= 0.3 is 0 Å². The van der Waals surface area contributed by atoms with Crippen LogP contribution in [0.1, 0.15) is 27.8 Å². The molecule has 5 rings (SSSR count). The van der Waals surface area contributed by atoms with E-state index in [0.29, 0.717) is 29.4 Å². The Balaban J connectivity index is 1.37. The Bertz CT molecular complexity index is 1160. The number of benzene rings is 3. The molecule has 0 radical (unpaired) electrons. The molecule has 5 heteroatoms. The molecular formula is C25H20O5. The number of furan rings is 1. The molecule has 3 aromatic carbocycles. The zero-order valence-electron chi connectivity index (χ0n) is 16.4. The number of methoxy groups -OCH3 is 1. The maximum atomic E-state index is 13.2. The largest absolute Gasteiger partial charge is 0.497 e. The molecule has 0 aliphatic carbocycles. The van der Waals surface area contributed by atoms with Gasteiger partial charge in [0.05, 0.1) is 12.7 Å². The molecule has 0 amide bonds. The summed E-state index contributed by atoms with van der Waals surface area (Å²) in [6.07, 6.45) is -0.966. The number of rotatable bonds is 7. The molecule has 1 aliphatic heterocycles. The molecule has 0 N–H and O–H groups in total. The first-order valence-electron chi connectivity index (χ1n) is 9.76. The van der Waals surface area contributed by atoms with Crippen LogP contribution in [0.4, 0.5) is 0 Å². The van der Waals surface area contributed by atoms with Gasteiger partial charge in [0.25, 0.3) is 0 Å². The van der Waals surface area contributed by atoms with E-state index >= 15 is 0 Å². The van der Waals surface area contributed by atoms with Crippen LogP contribution in [0.5, 0.6) is 11.5 Å². The van der Waals surface area contributed by atoms with Crippen molar-refractivity contribution in [3.8, 4) is 11.5 Å². The minimum atomic E-state index is -0.585. The summed E-state index contributed by atoms with van der Waals surface area (Å²) in [5.74, 6) is 1.63. The fourth-order valence-electron chi connectivity index (χ4n) is 3.51. The molecule has 0 saturated carbocycles. The first-order valence-corrected chi connectivity index (χ1v) is 9.76. The van der Waals surface area contributed by atoms with E-state index in [-0.39, 0.29) is 11.9 Å². The number of hydrogen-bond acceptors (Lipinski definition) is 5. The van der Waals surface area contributed by atoms with Crippen LogP contribution in [0.25, 0.3) is 11.0 Å². The van der Waals surface area contributed by atoms with Gasteiger partial charge in [-0.1, -0.05) is 48.5 Å². The van der Waals surface area contributed by atoms with Crippen LogP contribution in [0.3, 0.4) is 0 Å². The summed E-state index contributed by atoms with van der Waals surface area (Å²) in [6.45, 7) is 0.354. The average molecular weight is 400 g/mol. The van der Waals surface area contributed by atoms with E-state index in [1.54, 1.807) is 25.3 Å². The fraction of sp³-hybridized carbons (Fsp3) is 0.160. The van der Waals surface area contributed by atoms with Crippen molar-refractivity contribution in [2.45, 2.75) is 18.8 Å². The van der Waals surface area contributed by atoms with Crippen LogP contribution in [-0.4, -0.2) is 19.0 Å². The standard InChI is InChI=1S/C25H20O5/c1-27-18-11-12-19(21(14-18)28-15-16-7-3-2-4-8-16)23(26)25-24(30-25)22-13-17-9-5-6-10-20(17)29-22/h2-14,24-25H,15H2,1H3. The van der Waals surface area contributed by atoms with Gasteiger partial charge in [0.1, 0.15) is 35.6 Å². The quantitative estimate of drug-likeness (QED) is 0.309. The lowest BCUT2D eigenvalue weighted by Crippen LogP contribution is -2.11. The second kappa shape index (κ2) is 7.69. The Morgan fingerprint density at radius 3 is 2.57 bits per heavy atom. The topological polar surface area (TPSA) is 61.2 Å². The van der Waals surface area contributed by atoms with Gasteiger partial charge < -0.3 is 18.6 Å². The van der Waals surface area contributed by atoms with E-state index in [2.05, 4.69) is 0 Å². The Morgan fingerprint density at radius 2 is 1.77 bits per heavy atom. The van der Waals surface area contributed by atoms with Crippen LogP contribution < -0.4 is 9.47 Å². The zero-order valence-corrected chi connectivity index (χ0v) is 16.4. The lowest BCUT2D eigenvalue weighted by atomic mass is 10.0. The number of hydrogen-bond donors (Lipinski definition) is 0. The molecule has 0 spiro atoms. The molecule has 150 valence electrons. The second-order valence-corrected chi connectivity index (χ2v) is 7.16. The minimum absolute atomic E-state index is 0.133. The third-order valence-corrected chi connectivity index (χ3v) is 5.17. The number of carbonyl (C=O) groups is 1. The molecular weight excluding hydrogens is 380 g/mol. The lowest BCUT2D eigenvalue weighted by molar-refractivity contribution is 0.0949. The van der Waals surface area contributed by atoms with Crippen molar-refractivity contribution in [2.24, 2.45) is 0 Å². The number of ether oxygens (including phenoxy) is 3. The van der Waals surface area contributed by atoms with Gasteiger partial charge in [-0.25, -0.2) is 0 Å². The minimum Gasteiger partial charge on any atom is -0.497 e. The summed E-state index contributed by atoms with van der Waals surface area (Å²) in [6, 6.07) is 24.7. The third kappa shape index (κ3) is 3.55. The maximum Gasteiger partial charge on any atom is 0.198 e. The number of fused-ring (bicyclic) bond motifs is 1. The van der Waals surface area contributed by atoms with Gasteiger partial charge in [-0.2, -0.15) is 0 Å². The van der Waals surface area contributed by atoms with Crippen LogP contribution in [-0.2, 0) is 11.3 Å². The van der Waals surface area contributed by atoms with E-state index < -0.39 is 6.10 Å². The number of epoxide rings is 1. The highest BCUT2D eigenvalue weighted by Gasteiger charge is 2.49. The predicted octanol–water partition coefficient (Wildman–Crippen LogP) is 5.34. The van der Waals surface area contributed by atoms with Crippen LogP contribution in [0, 0.1) is 0 Å². The first kappa shape index (κ1) is 18.5.